The van der Waals surface area contributed by atoms with Crippen molar-refractivity contribution in [3.8, 4) is 0 Å². The van der Waals surface area contributed by atoms with Crippen LogP contribution in [0.5, 0.6) is 0 Å². The Morgan fingerprint density at radius 1 is 1.36 bits per heavy atom. The van der Waals surface area contributed by atoms with E-state index in [1.54, 1.807) is 18.2 Å². The number of benzene rings is 1. The fourth-order valence-corrected chi connectivity index (χ4v) is 2.76. The molecule has 0 radical (unpaired) electrons. The van der Waals surface area contributed by atoms with Gasteiger partial charge in [-0.15, -0.1) is 0 Å². The van der Waals surface area contributed by atoms with Crippen molar-refractivity contribution in [2.75, 3.05) is 7.11 Å². The third kappa shape index (κ3) is 3.47. The van der Waals surface area contributed by atoms with E-state index in [0.29, 0.717) is 0 Å². The molecule has 1 aliphatic rings. The molecule has 2 atom stereocenters. The van der Waals surface area contributed by atoms with Gasteiger partial charge in [0.2, 0.25) is 0 Å². The SMILES string of the molecule is COC1C=CC(C)=CC1(N)/N=N/c1ccccc1S(=O)(=O)O. The second kappa shape index (κ2) is 6.09. The van der Waals surface area contributed by atoms with Gasteiger partial charge in [0.05, 0.1) is 0 Å². The molecule has 1 aromatic carbocycles. The predicted molar refractivity (Wildman–Crippen MR) is 81.4 cm³/mol. The monoisotopic (exact) mass is 323 g/mol. The van der Waals surface area contributed by atoms with E-state index in [4.69, 9.17) is 10.5 Å². The van der Waals surface area contributed by atoms with E-state index >= 15 is 0 Å². The maximum Gasteiger partial charge on any atom is 0.296 e. The molecule has 8 heteroatoms. The van der Waals surface area contributed by atoms with Crippen LogP contribution in [0, 0.1) is 0 Å². The summed E-state index contributed by atoms with van der Waals surface area (Å²) in [6.07, 6.45) is 4.75. The maximum atomic E-state index is 11.3. The van der Waals surface area contributed by atoms with Crippen LogP contribution in [-0.4, -0.2) is 31.8 Å². The van der Waals surface area contributed by atoms with E-state index < -0.39 is 21.9 Å². The van der Waals surface area contributed by atoms with Gasteiger partial charge in [0.15, 0.2) is 5.66 Å². The van der Waals surface area contributed by atoms with E-state index in [2.05, 4.69) is 10.2 Å². The number of hydrogen-bond donors (Lipinski definition) is 2. The molecule has 0 fully saturated rings. The molecule has 0 heterocycles. The van der Waals surface area contributed by atoms with Gasteiger partial charge in [0.1, 0.15) is 16.7 Å². The van der Waals surface area contributed by atoms with Gasteiger partial charge in [-0.1, -0.05) is 29.9 Å². The Morgan fingerprint density at radius 3 is 2.68 bits per heavy atom. The van der Waals surface area contributed by atoms with Crippen molar-refractivity contribution in [2.24, 2.45) is 16.0 Å². The first-order chi connectivity index (χ1) is 10.3. The fourth-order valence-electron chi connectivity index (χ4n) is 2.14. The lowest BCUT2D eigenvalue weighted by Gasteiger charge is -2.30. The summed E-state index contributed by atoms with van der Waals surface area (Å²) >= 11 is 0. The fraction of sp³-hybridized carbons (Fsp3) is 0.286. The molecule has 22 heavy (non-hydrogen) atoms. The number of hydrogen-bond acceptors (Lipinski definition) is 6. The van der Waals surface area contributed by atoms with Crippen molar-refractivity contribution >= 4 is 15.8 Å². The first kappa shape index (κ1) is 16.5. The van der Waals surface area contributed by atoms with Crippen LogP contribution in [0.4, 0.5) is 5.69 Å². The number of nitrogens with zero attached hydrogens (tertiary/aromatic N) is 2. The molecule has 2 unspecified atom stereocenters. The highest BCUT2D eigenvalue weighted by atomic mass is 32.2. The summed E-state index contributed by atoms with van der Waals surface area (Å²) in [5.74, 6) is 0. The summed E-state index contributed by atoms with van der Waals surface area (Å²) < 4.78 is 37.1. The Hall–Kier alpha value is -1.87. The lowest BCUT2D eigenvalue weighted by molar-refractivity contribution is 0.0899. The average molecular weight is 323 g/mol. The van der Waals surface area contributed by atoms with Crippen molar-refractivity contribution in [2.45, 2.75) is 23.6 Å². The Morgan fingerprint density at radius 2 is 2.05 bits per heavy atom. The maximum absolute atomic E-state index is 11.3. The molecular formula is C14H17N3O4S. The minimum Gasteiger partial charge on any atom is -0.373 e. The summed E-state index contributed by atoms with van der Waals surface area (Å²) in [7, 11) is -2.90. The molecule has 0 aromatic heterocycles. The average Bonchev–Trinajstić information content (AvgIpc) is 2.45. The zero-order valence-corrected chi connectivity index (χ0v) is 13.0. The molecule has 118 valence electrons. The molecule has 0 amide bonds. The Kier molecular flexibility index (Phi) is 4.57. The largest absolute Gasteiger partial charge is 0.373 e. The van der Waals surface area contributed by atoms with Crippen LogP contribution < -0.4 is 5.73 Å². The molecule has 0 bridgehead atoms. The lowest BCUT2D eigenvalue weighted by Crippen LogP contribution is -2.48. The summed E-state index contributed by atoms with van der Waals surface area (Å²) in [4.78, 5) is -0.330. The van der Waals surface area contributed by atoms with Crippen LogP contribution in [0.1, 0.15) is 6.92 Å². The number of azo groups is 1. The van der Waals surface area contributed by atoms with Crippen molar-refractivity contribution in [1.29, 1.82) is 0 Å². The van der Waals surface area contributed by atoms with Gasteiger partial charge in [0, 0.05) is 7.11 Å². The minimum atomic E-state index is -4.39. The highest BCUT2D eigenvalue weighted by Crippen LogP contribution is 2.28. The van der Waals surface area contributed by atoms with Crippen LogP contribution in [-0.2, 0) is 14.9 Å². The summed E-state index contributed by atoms with van der Waals surface area (Å²) in [6, 6.07) is 5.73. The summed E-state index contributed by atoms with van der Waals surface area (Å²) in [6.45, 7) is 1.85. The molecule has 1 aromatic rings. The molecule has 3 N–H and O–H groups in total. The number of methoxy groups -OCH3 is 1. The molecule has 0 saturated heterocycles. The Balaban J connectivity index is 2.42. The molecule has 1 aliphatic carbocycles. The number of rotatable bonds is 4. The molecule has 0 aliphatic heterocycles. The van der Waals surface area contributed by atoms with Gasteiger partial charge in [0.25, 0.3) is 10.1 Å². The van der Waals surface area contributed by atoms with Crippen LogP contribution in [0.25, 0.3) is 0 Å². The van der Waals surface area contributed by atoms with Gasteiger partial charge in [-0.05, 0) is 25.1 Å². The Labute approximate surface area is 128 Å². The highest BCUT2D eigenvalue weighted by molar-refractivity contribution is 7.86. The van der Waals surface area contributed by atoms with Crippen LogP contribution in [0.2, 0.25) is 0 Å². The van der Waals surface area contributed by atoms with E-state index in [9.17, 15) is 13.0 Å². The van der Waals surface area contributed by atoms with Crippen LogP contribution >= 0.6 is 0 Å². The van der Waals surface area contributed by atoms with Crippen molar-refractivity contribution in [3.63, 3.8) is 0 Å². The topological polar surface area (TPSA) is 114 Å². The second-order valence-corrected chi connectivity index (χ2v) is 6.32. The smallest absolute Gasteiger partial charge is 0.296 e. The zero-order chi connectivity index (χ0) is 16.4. The highest BCUT2D eigenvalue weighted by Gasteiger charge is 2.34. The predicted octanol–water partition coefficient (Wildman–Crippen LogP) is 2.20. The quantitative estimate of drug-likeness (QED) is 0.651. The second-order valence-electron chi connectivity index (χ2n) is 4.93. The number of nitrogens with two attached hydrogens (primary N) is 1. The normalized spacial score (nSPS) is 25.5. The zero-order valence-electron chi connectivity index (χ0n) is 12.2. The molecular weight excluding hydrogens is 306 g/mol. The summed E-state index contributed by atoms with van der Waals surface area (Å²) in [5.41, 5.74) is 5.83. The van der Waals surface area contributed by atoms with E-state index in [1.807, 2.05) is 13.0 Å². The van der Waals surface area contributed by atoms with Gasteiger partial charge in [-0.25, -0.2) is 0 Å². The van der Waals surface area contributed by atoms with Gasteiger partial charge < -0.3 is 4.74 Å². The molecule has 7 nitrogen and oxygen atoms in total. The first-order valence-electron chi connectivity index (χ1n) is 6.45. The van der Waals surface area contributed by atoms with E-state index in [-0.39, 0.29) is 10.6 Å². The Bertz CT molecular complexity index is 755. The lowest BCUT2D eigenvalue weighted by atomic mass is 9.95. The first-order valence-corrected chi connectivity index (χ1v) is 7.89. The van der Waals surface area contributed by atoms with Crippen LogP contribution in [0.15, 0.2) is 63.2 Å². The van der Waals surface area contributed by atoms with Crippen molar-refractivity contribution in [3.05, 3.63) is 48.1 Å². The number of ether oxygens (including phenoxy) is 1. The van der Waals surface area contributed by atoms with Crippen LogP contribution in [0.3, 0.4) is 0 Å². The standard InChI is InChI=1S/C14H17N3O4S/c1-10-7-8-13(21-2)14(15,9-10)17-16-11-5-3-4-6-12(11)22(18,19)20/h3-9,13H,15H2,1-2H3,(H,18,19,20)/b17-16+. The van der Waals surface area contributed by atoms with Gasteiger partial charge in [-0.3, -0.25) is 10.3 Å². The van der Waals surface area contributed by atoms with Gasteiger partial charge in [-0.2, -0.15) is 18.6 Å². The van der Waals surface area contributed by atoms with Crippen molar-refractivity contribution in [1.82, 2.24) is 0 Å². The van der Waals surface area contributed by atoms with E-state index in [0.717, 1.165) is 5.57 Å². The minimum absolute atomic E-state index is 0.00489. The van der Waals surface area contributed by atoms with Gasteiger partial charge >= 0.3 is 0 Å². The number of allylic oxidation sites excluding steroid dienone is 2. The molecule has 0 saturated carbocycles. The molecule has 2 rings (SSSR count). The van der Waals surface area contributed by atoms with E-state index in [1.165, 1.54) is 25.3 Å². The summed E-state index contributed by atoms with van der Waals surface area (Å²) in [5, 5.41) is 7.94. The molecule has 0 spiro atoms. The van der Waals surface area contributed by atoms with Crippen molar-refractivity contribution < 1.29 is 17.7 Å². The third-order valence-electron chi connectivity index (χ3n) is 3.18. The third-order valence-corrected chi connectivity index (χ3v) is 4.08.